The molecule has 3 heterocycles. The van der Waals surface area contributed by atoms with E-state index in [1.807, 2.05) is 0 Å². The molecular formula is C24H24N2O8. The van der Waals surface area contributed by atoms with Crippen LogP contribution in [0.4, 0.5) is 10.5 Å². The van der Waals surface area contributed by atoms with Crippen LogP contribution in [-0.2, 0) is 23.9 Å². The van der Waals surface area contributed by atoms with Crippen molar-refractivity contribution in [2.45, 2.75) is 25.5 Å². The van der Waals surface area contributed by atoms with Crippen molar-refractivity contribution in [3.63, 3.8) is 0 Å². The zero-order valence-electron chi connectivity index (χ0n) is 18.6. The van der Waals surface area contributed by atoms with Crippen LogP contribution >= 0.6 is 0 Å². The number of esters is 1. The molecule has 0 aromatic heterocycles. The van der Waals surface area contributed by atoms with Crippen molar-refractivity contribution < 1.29 is 38.5 Å². The monoisotopic (exact) mass is 468 g/mol. The number of nitrogens with zero attached hydrogens (tertiary/aromatic N) is 2. The zero-order valence-corrected chi connectivity index (χ0v) is 18.6. The Bertz CT molecular complexity index is 1120. The Balaban J connectivity index is 1.76. The fraction of sp³-hybridized carbons (Fsp3) is 0.333. The van der Waals surface area contributed by atoms with E-state index in [0.717, 1.165) is 4.90 Å². The van der Waals surface area contributed by atoms with Crippen LogP contribution in [0.5, 0.6) is 5.75 Å². The van der Waals surface area contributed by atoms with Gasteiger partial charge in [0.05, 0.1) is 23.8 Å². The minimum Gasteiger partial charge on any atom is -0.482 e. The van der Waals surface area contributed by atoms with Crippen molar-refractivity contribution >= 4 is 35.1 Å². The van der Waals surface area contributed by atoms with Gasteiger partial charge in [0.15, 0.2) is 6.61 Å². The average Bonchev–Trinajstić information content (AvgIpc) is 3.15. The number of hydrogen-bond acceptors (Lipinski definition) is 8. The van der Waals surface area contributed by atoms with Gasteiger partial charge in [0.1, 0.15) is 24.7 Å². The van der Waals surface area contributed by atoms with Gasteiger partial charge in [0.25, 0.3) is 5.91 Å². The van der Waals surface area contributed by atoms with Crippen LogP contribution in [0.1, 0.15) is 18.9 Å². The maximum Gasteiger partial charge on any atom is 0.421 e. The molecule has 1 aromatic rings. The molecule has 0 unspecified atom stereocenters. The first-order valence-corrected chi connectivity index (χ1v) is 10.7. The van der Waals surface area contributed by atoms with E-state index in [2.05, 4.69) is 13.2 Å². The number of carbonyl (C=O) groups is 4. The number of fused-ring (bicyclic) bond motifs is 2. The standard InChI is InChI=1S/C24H24N2O8/c1-4-8-32-23(30)21-15(11-17-20(13(3)27)22(29)26(17)21)14-6-7-18-16(10-14)25(19(28)12-34-18)24(31)33-9-5-2/h4-7,10,13,17,20,27H,1-2,8-9,11-12H2,3H3/t13-,17-,20-/m1/s1. The lowest BCUT2D eigenvalue weighted by molar-refractivity contribution is -0.162. The van der Waals surface area contributed by atoms with Gasteiger partial charge in [-0.1, -0.05) is 31.4 Å². The number of ether oxygens (including phenoxy) is 3. The van der Waals surface area contributed by atoms with Gasteiger partial charge in [0.2, 0.25) is 5.91 Å². The Morgan fingerprint density at radius 1 is 1.24 bits per heavy atom. The number of amides is 3. The van der Waals surface area contributed by atoms with Crippen molar-refractivity contribution in [1.82, 2.24) is 4.90 Å². The Morgan fingerprint density at radius 3 is 2.62 bits per heavy atom. The quantitative estimate of drug-likeness (QED) is 0.365. The summed E-state index contributed by atoms with van der Waals surface area (Å²) in [5, 5.41) is 10.1. The number of hydrogen-bond donors (Lipinski definition) is 1. The lowest BCUT2D eigenvalue weighted by Gasteiger charge is -2.44. The van der Waals surface area contributed by atoms with E-state index in [4.69, 9.17) is 14.2 Å². The van der Waals surface area contributed by atoms with Crippen LogP contribution in [0.15, 0.2) is 49.2 Å². The normalized spacial score (nSPS) is 21.7. The van der Waals surface area contributed by atoms with E-state index >= 15 is 0 Å². The number of rotatable bonds is 7. The molecule has 10 nitrogen and oxygen atoms in total. The van der Waals surface area contributed by atoms with Gasteiger partial charge in [-0.15, -0.1) is 0 Å². The van der Waals surface area contributed by atoms with Gasteiger partial charge in [-0.25, -0.2) is 14.5 Å². The lowest BCUT2D eigenvalue weighted by Crippen LogP contribution is -2.61. The molecule has 0 spiro atoms. The fourth-order valence-corrected chi connectivity index (χ4v) is 4.45. The number of benzene rings is 1. The van der Waals surface area contributed by atoms with Crippen molar-refractivity contribution in [2.24, 2.45) is 5.92 Å². The van der Waals surface area contributed by atoms with Crippen molar-refractivity contribution in [1.29, 1.82) is 0 Å². The highest BCUT2D eigenvalue weighted by Gasteiger charge is 2.57. The van der Waals surface area contributed by atoms with Crippen LogP contribution in [0.2, 0.25) is 0 Å². The minimum absolute atomic E-state index is 0.0441. The number of aliphatic hydroxyl groups excluding tert-OH is 1. The number of aliphatic hydroxyl groups is 1. The van der Waals surface area contributed by atoms with Crippen molar-refractivity contribution in [2.75, 3.05) is 24.7 Å². The average molecular weight is 468 g/mol. The molecule has 3 amide bonds. The Labute approximate surface area is 195 Å². The summed E-state index contributed by atoms with van der Waals surface area (Å²) in [4.78, 5) is 52.8. The molecule has 4 rings (SSSR count). The minimum atomic E-state index is -0.886. The topological polar surface area (TPSA) is 123 Å². The van der Waals surface area contributed by atoms with Gasteiger partial charge in [-0.2, -0.15) is 0 Å². The number of carbonyl (C=O) groups excluding carboxylic acids is 4. The van der Waals surface area contributed by atoms with E-state index < -0.39 is 36.0 Å². The first kappa shape index (κ1) is 23.2. The molecule has 3 aliphatic heterocycles. The molecule has 34 heavy (non-hydrogen) atoms. The largest absolute Gasteiger partial charge is 0.482 e. The third-order valence-electron chi connectivity index (χ3n) is 5.91. The molecule has 3 aliphatic rings. The summed E-state index contributed by atoms with van der Waals surface area (Å²) in [6.45, 7) is 8.08. The van der Waals surface area contributed by atoms with Crippen LogP contribution in [-0.4, -0.2) is 65.8 Å². The predicted octanol–water partition coefficient (Wildman–Crippen LogP) is 1.79. The summed E-state index contributed by atoms with van der Waals surface area (Å²) >= 11 is 0. The van der Waals surface area contributed by atoms with Crippen LogP contribution < -0.4 is 9.64 Å². The first-order valence-electron chi connectivity index (χ1n) is 10.7. The molecule has 1 fully saturated rings. The smallest absolute Gasteiger partial charge is 0.421 e. The number of β-lactam (4-membered cyclic amide) rings is 1. The van der Waals surface area contributed by atoms with E-state index in [1.165, 1.54) is 30.0 Å². The molecule has 0 bridgehead atoms. The van der Waals surface area contributed by atoms with E-state index in [9.17, 15) is 24.3 Å². The summed E-state index contributed by atoms with van der Waals surface area (Å²) in [6.07, 6.45) is 1.31. The van der Waals surface area contributed by atoms with Crippen molar-refractivity contribution in [3.8, 4) is 5.75 Å². The summed E-state index contributed by atoms with van der Waals surface area (Å²) < 4.78 is 15.7. The maximum absolute atomic E-state index is 12.9. The molecule has 178 valence electrons. The highest BCUT2D eigenvalue weighted by molar-refractivity contribution is 6.15. The molecule has 0 aliphatic carbocycles. The zero-order chi connectivity index (χ0) is 24.6. The van der Waals surface area contributed by atoms with Crippen LogP contribution in [0, 0.1) is 5.92 Å². The number of imide groups is 1. The van der Waals surface area contributed by atoms with Gasteiger partial charge in [-0.3, -0.25) is 9.59 Å². The maximum atomic E-state index is 12.9. The van der Waals surface area contributed by atoms with Crippen LogP contribution in [0.3, 0.4) is 0 Å². The molecule has 1 saturated heterocycles. The van der Waals surface area contributed by atoms with E-state index in [1.54, 1.807) is 12.1 Å². The second-order valence-corrected chi connectivity index (χ2v) is 8.03. The second kappa shape index (κ2) is 9.14. The molecular weight excluding hydrogens is 444 g/mol. The Morgan fingerprint density at radius 2 is 1.94 bits per heavy atom. The third kappa shape index (κ3) is 3.75. The SMILES string of the molecule is C=CCOC(=O)C1=C(c2ccc3c(c2)N(C(=O)OCC=C)C(=O)CO3)C[C@@H]2[C@@H]([C@@H](C)O)C(=O)N12. The Hall–Kier alpha value is -3.92. The highest BCUT2D eigenvalue weighted by atomic mass is 16.6. The second-order valence-electron chi connectivity index (χ2n) is 8.03. The summed E-state index contributed by atoms with van der Waals surface area (Å²) in [5.41, 5.74) is 1.21. The van der Waals surface area contributed by atoms with E-state index in [0.29, 0.717) is 11.1 Å². The van der Waals surface area contributed by atoms with Crippen molar-refractivity contribution in [3.05, 3.63) is 54.8 Å². The fourth-order valence-electron chi connectivity index (χ4n) is 4.45. The van der Waals surface area contributed by atoms with Gasteiger partial charge in [0, 0.05) is 0 Å². The summed E-state index contributed by atoms with van der Waals surface area (Å²) in [6, 6.07) is 4.38. The van der Waals surface area contributed by atoms with Gasteiger partial charge >= 0.3 is 12.1 Å². The Kier molecular flexibility index (Phi) is 6.25. The highest BCUT2D eigenvalue weighted by Crippen LogP contribution is 2.48. The molecule has 1 aromatic carbocycles. The summed E-state index contributed by atoms with van der Waals surface area (Å²) in [7, 11) is 0. The first-order chi connectivity index (χ1) is 16.3. The molecule has 0 radical (unpaired) electrons. The third-order valence-corrected chi connectivity index (χ3v) is 5.91. The van der Waals surface area contributed by atoms with E-state index in [-0.39, 0.29) is 49.3 Å². The molecule has 3 atom stereocenters. The molecule has 0 saturated carbocycles. The lowest BCUT2D eigenvalue weighted by atomic mass is 9.82. The predicted molar refractivity (Wildman–Crippen MR) is 119 cm³/mol. The van der Waals surface area contributed by atoms with Crippen LogP contribution in [0.25, 0.3) is 5.57 Å². The summed E-state index contributed by atoms with van der Waals surface area (Å²) in [5.74, 6) is -2.05. The van der Waals surface area contributed by atoms with Gasteiger partial charge in [-0.05, 0) is 36.6 Å². The van der Waals surface area contributed by atoms with Gasteiger partial charge < -0.3 is 24.2 Å². The number of anilines is 1. The molecule has 1 N–H and O–H groups in total. The molecule has 10 heteroatoms.